The van der Waals surface area contributed by atoms with Crippen LogP contribution in [0.3, 0.4) is 0 Å². The monoisotopic (exact) mass is 235 g/mol. The minimum absolute atomic E-state index is 0.324. The fourth-order valence-corrected chi connectivity index (χ4v) is 1.56. The van der Waals surface area contributed by atoms with E-state index in [1.807, 2.05) is 6.92 Å². The largest absolute Gasteiger partial charge is 0.339 e. The van der Waals surface area contributed by atoms with Crippen LogP contribution in [0.4, 0.5) is 4.39 Å². The molecule has 2 N–H and O–H groups in total. The summed E-state index contributed by atoms with van der Waals surface area (Å²) in [5, 5.41) is 3.81. The summed E-state index contributed by atoms with van der Waals surface area (Å²) in [5.41, 5.74) is 6.58. The van der Waals surface area contributed by atoms with Crippen molar-refractivity contribution in [3.05, 3.63) is 47.4 Å². The van der Waals surface area contributed by atoms with Crippen LogP contribution in [0.15, 0.2) is 28.8 Å². The molecule has 2 rings (SSSR count). The highest BCUT2D eigenvalue weighted by Crippen LogP contribution is 2.17. The van der Waals surface area contributed by atoms with Crippen molar-refractivity contribution in [1.29, 1.82) is 0 Å². The van der Waals surface area contributed by atoms with Crippen LogP contribution in [0.25, 0.3) is 0 Å². The molecule has 1 unspecified atom stereocenters. The summed E-state index contributed by atoms with van der Waals surface area (Å²) in [4.78, 5) is 4.18. The summed E-state index contributed by atoms with van der Waals surface area (Å²) in [6, 6.07) is 5.54. The van der Waals surface area contributed by atoms with Gasteiger partial charge in [0.05, 0.1) is 6.04 Å². The maximum Gasteiger partial charge on any atom is 0.226 e. The SMILES string of the molecule is CCCc1nc(C(N)c2cccc(F)c2)no1. The summed E-state index contributed by atoms with van der Waals surface area (Å²) in [6.45, 7) is 2.02. The number of hydrogen-bond donors (Lipinski definition) is 1. The standard InChI is InChI=1S/C12H14FN3O/c1-2-4-10-15-12(16-17-10)11(14)8-5-3-6-9(13)7-8/h3,5-7,11H,2,4,14H2,1H3. The minimum Gasteiger partial charge on any atom is -0.339 e. The van der Waals surface area contributed by atoms with Crippen LogP contribution in [0.5, 0.6) is 0 Å². The van der Waals surface area contributed by atoms with Crippen molar-refractivity contribution in [3.63, 3.8) is 0 Å². The van der Waals surface area contributed by atoms with Crippen LogP contribution < -0.4 is 5.73 Å². The van der Waals surface area contributed by atoms with E-state index in [-0.39, 0.29) is 5.82 Å². The zero-order valence-electron chi connectivity index (χ0n) is 9.56. The Morgan fingerprint density at radius 1 is 1.47 bits per heavy atom. The van der Waals surface area contributed by atoms with E-state index < -0.39 is 6.04 Å². The van der Waals surface area contributed by atoms with E-state index in [4.69, 9.17) is 10.3 Å². The van der Waals surface area contributed by atoms with Gasteiger partial charge in [0.2, 0.25) is 5.89 Å². The lowest BCUT2D eigenvalue weighted by atomic mass is 10.1. The summed E-state index contributed by atoms with van der Waals surface area (Å²) < 4.78 is 18.1. The fourth-order valence-electron chi connectivity index (χ4n) is 1.56. The Hall–Kier alpha value is -1.75. The Morgan fingerprint density at radius 2 is 2.29 bits per heavy atom. The normalized spacial score (nSPS) is 12.6. The highest BCUT2D eigenvalue weighted by Gasteiger charge is 2.16. The second-order valence-electron chi connectivity index (χ2n) is 3.83. The highest BCUT2D eigenvalue weighted by atomic mass is 19.1. The third-order valence-electron chi connectivity index (χ3n) is 2.43. The van der Waals surface area contributed by atoms with Gasteiger partial charge in [-0.15, -0.1) is 0 Å². The van der Waals surface area contributed by atoms with Crippen LogP contribution in [0.2, 0.25) is 0 Å². The van der Waals surface area contributed by atoms with Crippen molar-refractivity contribution in [1.82, 2.24) is 10.1 Å². The Labute approximate surface area is 98.6 Å². The van der Waals surface area contributed by atoms with Crippen LogP contribution in [0, 0.1) is 5.82 Å². The van der Waals surface area contributed by atoms with Crippen molar-refractivity contribution in [3.8, 4) is 0 Å². The Morgan fingerprint density at radius 3 is 3.00 bits per heavy atom. The van der Waals surface area contributed by atoms with Gasteiger partial charge in [-0.25, -0.2) is 4.39 Å². The lowest BCUT2D eigenvalue weighted by Crippen LogP contribution is -2.13. The highest BCUT2D eigenvalue weighted by molar-refractivity contribution is 5.24. The Kier molecular flexibility index (Phi) is 3.49. The Balaban J connectivity index is 2.21. The summed E-state index contributed by atoms with van der Waals surface area (Å²) in [6.07, 6.45) is 1.65. The van der Waals surface area contributed by atoms with Crippen LogP contribution in [-0.4, -0.2) is 10.1 Å². The molecule has 0 spiro atoms. The number of nitrogens with zero attached hydrogens (tertiary/aromatic N) is 2. The van der Waals surface area contributed by atoms with Crippen LogP contribution in [-0.2, 0) is 6.42 Å². The van der Waals surface area contributed by atoms with E-state index >= 15 is 0 Å². The molecule has 0 radical (unpaired) electrons. The van der Waals surface area contributed by atoms with E-state index in [1.54, 1.807) is 12.1 Å². The lowest BCUT2D eigenvalue weighted by molar-refractivity contribution is 0.370. The van der Waals surface area contributed by atoms with Gasteiger partial charge in [-0.2, -0.15) is 4.98 Å². The molecule has 1 aromatic heterocycles. The van der Waals surface area contributed by atoms with E-state index in [9.17, 15) is 4.39 Å². The van der Waals surface area contributed by atoms with E-state index in [1.165, 1.54) is 12.1 Å². The average molecular weight is 235 g/mol. The molecule has 0 saturated heterocycles. The second-order valence-corrected chi connectivity index (χ2v) is 3.83. The number of aromatic nitrogens is 2. The number of halogens is 1. The first-order valence-corrected chi connectivity index (χ1v) is 5.54. The van der Waals surface area contributed by atoms with Crippen molar-refractivity contribution in [2.75, 3.05) is 0 Å². The molecule has 0 aliphatic carbocycles. The molecule has 90 valence electrons. The van der Waals surface area contributed by atoms with Crippen molar-refractivity contribution < 1.29 is 8.91 Å². The maximum absolute atomic E-state index is 13.0. The third-order valence-corrected chi connectivity index (χ3v) is 2.43. The Bertz CT molecular complexity index is 498. The number of nitrogens with two attached hydrogens (primary N) is 1. The number of hydrogen-bond acceptors (Lipinski definition) is 4. The van der Waals surface area contributed by atoms with Gasteiger partial charge in [0.1, 0.15) is 5.82 Å². The topological polar surface area (TPSA) is 64.9 Å². The molecule has 1 aromatic carbocycles. The van der Waals surface area contributed by atoms with Crippen LogP contribution in [0.1, 0.15) is 36.7 Å². The maximum atomic E-state index is 13.0. The molecule has 1 atom stereocenters. The molecular weight excluding hydrogens is 221 g/mol. The third kappa shape index (κ3) is 2.68. The van der Waals surface area contributed by atoms with Crippen molar-refractivity contribution >= 4 is 0 Å². The second kappa shape index (κ2) is 5.05. The first kappa shape index (κ1) is 11.7. The molecule has 0 amide bonds. The minimum atomic E-state index is -0.556. The summed E-state index contributed by atoms with van der Waals surface area (Å²) >= 11 is 0. The smallest absolute Gasteiger partial charge is 0.226 e. The molecule has 4 nitrogen and oxygen atoms in total. The zero-order chi connectivity index (χ0) is 12.3. The van der Waals surface area contributed by atoms with Gasteiger partial charge in [0.15, 0.2) is 5.82 Å². The zero-order valence-corrected chi connectivity index (χ0v) is 9.56. The van der Waals surface area contributed by atoms with Gasteiger partial charge < -0.3 is 10.3 Å². The molecule has 5 heteroatoms. The van der Waals surface area contributed by atoms with Crippen molar-refractivity contribution in [2.24, 2.45) is 5.73 Å². The summed E-state index contributed by atoms with van der Waals surface area (Å²) in [7, 11) is 0. The first-order valence-electron chi connectivity index (χ1n) is 5.54. The molecular formula is C12H14FN3O. The first-order chi connectivity index (χ1) is 8.20. The van der Waals surface area contributed by atoms with Crippen LogP contribution >= 0.6 is 0 Å². The lowest BCUT2D eigenvalue weighted by Gasteiger charge is -2.06. The molecule has 0 saturated carbocycles. The van der Waals surface area contributed by atoms with E-state index in [0.29, 0.717) is 17.3 Å². The fraction of sp³-hybridized carbons (Fsp3) is 0.333. The van der Waals surface area contributed by atoms with E-state index in [0.717, 1.165) is 12.8 Å². The number of benzene rings is 1. The van der Waals surface area contributed by atoms with Gasteiger partial charge in [0.25, 0.3) is 0 Å². The molecule has 0 aliphatic heterocycles. The van der Waals surface area contributed by atoms with Gasteiger partial charge in [-0.05, 0) is 24.1 Å². The predicted molar refractivity (Wildman–Crippen MR) is 60.7 cm³/mol. The average Bonchev–Trinajstić information content (AvgIpc) is 2.77. The van der Waals surface area contributed by atoms with Gasteiger partial charge >= 0.3 is 0 Å². The van der Waals surface area contributed by atoms with Crippen molar-refractivity contribution in [2.45, 2.75) is 25.8 Å². The van der Waals surface area contributed by atoms with Gasteiger partial charge in [-0.3, -0.25) is 0 Å². The van der Waals surface area contributed by atoms with E-state index in [2.05, 4.69) is 10.1 Å². The molecule has 0 bridgehead atoms. The van der Waals surface area contributed by atoms with Gasteiger partial charge in [-0.1, -0.05) is 24.2 Å². The molecule has 1 heterocycles. The molecule has 17 heavy (non-hydrogen) atoms. The predicted octanol–water partition coefficient (Wildman–Crippen LogP) is 2.21. The number of rotatable bonds is 4. The molecule has 2 aromatic rings. The quantitative estimate of drug-likeness (QED) is 0.882. The molecule has 0 fully saturated rings. The summed E-state index contributed by atoms with van der Waals surface area (Å²) in [5.74, 6) is 0.628. The molecule has 0 aliphatic rings. The number of aryl methyl sites for hydroxylation is 1. The van der Waals surface area contributed by atoms with Gasteiger partial charge in [0, 0.05) is 6.42 Å².